The second-order valence-electron chi connectivity index (χ2n) is 4.00. The van der Waals surface area contributed by atoms with E-state index >= 15 is 0 Å². The molecule has 16 heteroatoms. The van der Waals surface area contributed by atoms with Crippen LogP contribution in [0, 0.1) is 0 Å². The average Bonchev–Trinajstić information content (AvgIpc) is 2.22. The summed E-state index contributed by atoms with van der Waals surface area (Å²) in [6.07, 6.45) is 0. The van der Waals surface area contributed by atoms with Crippen molar-refractivity contribution in [1.82, 2.24) is 34.4 Å². The monoisotopic (exact) mass is 408 g/mol. The van der Waals surface area contributed by atoms with Crippen molar-refractivity contribution in [1.29, 1.82) is 0 Å². The van der Waals surface area contributed by atoms with Gasteiger partial charge >= 0.3 is 83.0 Å². The van der Waals surface area contributed by atoms with Gasteiger partial charge in [0.25, 0.3) is 0 Å². The van der Waals surface area contributed by atoms with Gasteiger partial charge in [-0.05, 0) is 0 Å². The Morgan fingerprint density at radius 3 is 0.769 bits per heavy atom. The van der Waals surface area contributed by atoms with E-state index in [0.29, 0.717) is 0 Å². The Morgan fingerprint density at radius 2 is 0.654 bits per heavy atom. The molecule has 0 aromatic heterocycles. The van der Waals surface area contributed by atoms with E-state index in [2.05, 4.69) is 0 Å². The molecule has 14 nitrogen and oxygen atoms in total. The maximum atomic E-state index is 10.6. The Kier molecular flexibility index (Phi) is 42.5. The molecular formula is C10H30N6Na2O8. The molecule has 0 atom stereocenters. The SMILES string of the molecule is N.N.N.N.O=C(O)CN(CCN(CC(=O)O)CC(=O)O)CC(=O)O.[NaH].[NaH]. The van der Waals surface area contributed by atoms with Gasteiger partial charge < -0.3 is 45.0 Å². The Labute approximate surface area is 195 Å². The fourth-order valence-corrected chi connectivity index (χ4v) is 1.48. The second-order valence-corrected chi connectivity index (χ2v) is 4.00. The second kappa shape index (κ2) is 24.6. The van der Waals surface area contributed by atoms with Gasteiger partial charge in [0.2, 0.25) is 0 Å². The predicted octanol–water partition coefficient (Wildman–Crippen LogP) is -2.72. The van der Waals surface area contributed by atoms with E-state index in [0.717, 1.165) is 9.80 Å². The first-order valence-corrected chi connectivity index (χ1v) is 5.52. The predicted molar refractivity (Wildman–Crippen MR) is 97.8 cm³/mol. The molecule has 0 fully saturated rings. The molecule has 0 rings (SSSR count). The summed E-state index contributed by atoms with van der Waals surface area (Å²) in [5.74, 6) is -4.91. The number of hydrogen-bond acceptors (Lipinski definition) is 10. The molecule has 150 valence electrons. The summed E-state index contributed by atoms with van der Waals surface area (Å²) in [7, 11) is 0. The van der Waals surface area contributed by atoms with Gasteiger partial charge in [-0.15, -0.1) is 0 Å². The molecule has 0 saturated heterocycles. The van der Waals surface area contributed by atoms with E-state index in [9.17, 15) is 19.2 Å². The van der Waals surface area contributed by atoms with E-state index in [1.165, 1.54) is 0 Å². The molecule has 26 heavy (non-hydrogen) atoms. The van der Waals surface area contributed by atoms with Crippen molar-refractivity contribution in [3.8, 4) is 0 Å². The molecule has 0 saturated carbocycles. The molecule has 0 aliphatic rings. The first-order valence-electron chi connectivity index (χ1n) is 5.52. The number of carboxylic acids is 4. The topological polar surface area (TPSA) is 296 Å². The Morgan fingerprint density at radius 1 is 0.500 bits per heavy atom. The molecule has 0 unspecified atom stereocenters. The zero-order chi connectivity index (χ0) is 15.7. The van der Waals surface area contributed by atoms with Gasteiger partial charge in [-0.3, -0.25) is 29.0 Å². The molecule has 0 aromatic carbocycles. The van der Waals surface area contributed by atoms with Gasteiger partial charge in [-0.2, -0.15) is 0 Å². The molecule has 0 spiro atoms. The van der Waals surface area contributed by atoms with Crippen LogP contribution in [-0.4, -0.2) is 152 Å². The van der Waals surface area contributed by atoms with Crippen LogP contribution in [0.15, 0.2) is 0 Å². The van der Waals surface area contributed by atoms with Crippen molar-refractivity contribution in [2.45, 2.75) is 0 Å². The summed E-state index contributed by atoms with van der Waals surface area (Å²) in [6.45, 7) is -2.25. The first-order chi connectivity index (χ1) is 9.20. The summed E-state index contributed by atoms with van der Waals surface area (Å²) in [4.78, 5) is 44.4. The van der Waals surface area contributed by atoms with E-state index in [4.69, 9.17) is 20.4 Å². The molecule has 0 aromatic rings. The fraction of sp³-hybridized carbons (Fsp3) is 0.600. The van der Waals surface area contributed by atoms with Crippen molar-refractivity contribution in [3.05, 3.63) is 0 Å². The minimum atomic E-state index is -1.23. The molecule has 0 radical (unpaired) electrons. The van der Waals surface area contributed by atoms with Crippen LogP contribution in [0.1, 0.15) is 0 Å². The number of carbonyl (C=O) groups is 4. The van der Waals surface area contributed by atoms with Crippen LogP contribution in [0.3, 0.4) is 0 Å². The number of rotatable bonds is 11. The van der Waals surface area contributed by atoms with Crippen LogP contribution in [0.25, 0.3) is 0 Å². The Balaban J connectivity index is -0.000000120. The van der Waals surface area contributed by atoms with E-state index < -0.39 is 50.1 Å². The van der Waals surface area contributed by atoms with Crippen LogP contribution in [0.4, 0.5) is 0 Å². The van der Waals surface area contributed by atoms with E-state index in [1.54, 1.807) is 0 Å². The van der Waals surface area contributed by atoms with Crippen LogP contribution >= 0.6 is 0 Å². The normalized spacial score (nSPS) is 8.23. The van der Waals surface area contributed by atoms with Gasteiger partial charge in [0, 0.05) is 13.1 Å². The molecule has 0 aliphatic heterocycles. The van der Waals surface area contributed by atoms with Crippen LogP contribution in [0.5, 0.6) is 0 Å². The van der Waals surface area contributed by atoms with Crippen molar-refractivity contribution >= 4 is 83.0 Å². The third-order valence-electron chi connectivity index (χ3n) is 2.17. The van der Waals surface area contributed by atoms with Crippen molar-refractivity contribution in [2.24, 2.45) is 0 Å². The van der Waals surface area contributed by atoms with Gasteiger partial charge in [-0.25, -0.2) is 0 Å². The standard InChI is InChI=1S/C10H16N2O8.4H3N.2Na.2H/c13-7(14)3-11(4-8(15)16)1-2-12(5-9(17)18)6-10(19)20;;;;;;;;/h1-6H2,(H,13,14)(H,15,16)(H,17,18)(H,19,20);4*1H3;;;;. The Bertz CT molecular complexity index is 336. The molecule has 0 aliphatic carbocycles. The zero-order valence-electron chi connectivity index (χ0n) is 13.4. The number of hydrogen-bond donors (Lipinski definition) is 8. The summed E-state index contributed by atoms with van der Waals surface area (Å²) >= 11 is 0. The first kappa shape index (κ1) is 44.8. The van der Waals surface area contributed by atoms with Gasteiger partial charge in [0.05, 0.1) is 26.2 Å². The van der Waals surface area contributed by atoms with Crippen molar-refractivity contribution in [2.75, 3.05) is 39.3 Å². The third kappa shape index (κ3) is 28.4. The number of aliphatic carboxylic acids is 4. The van der Waals surface area contributed by atoms with Gasteiger partial charge in [-0.1, -0.05) is 0 Å². The Hall–Kier alpha value is -0.360. The zero-order valence-corrected chi connectivity index (χ0v) is 13.4. The van der Waals surface area contributed by atoms with E-state index in [-0.39, 0.29) is 96.8 Å². The van der Waals surface area contributed by atoms with Gasteiger partial charge in [0.15, 0.2) is 0 Å². The summed E-state index contributed by atoms with van der Waals surface area (Å²) in [5, 5.41) is 34.5. The molecule has 0 amide bonds. The molecular weight excluding hydrogens is 378 g/mol. The molecule has 16 N–H and O–H groups in total. The quantitative estimate of drug-likeness (QED) is 0.161. The number of carboxylic acid groups (broad SMARTS) is 4. The van der Waals surface area contributed by atoms with Gasteiger partial charge in [0.1, 0.15) is 0 Å². The molecule has 0 bridgehead atoms. The summed E-state index contributed by atoms with van der Waals surface area (Å²) in [6, 6.07) is 0. The fourth-order valence-electron chi connectivity index (χ4n) is 1.48. The maximum absolute atomic E-state index is 10.6. The summed E-state index contributed by atoms with van der Waals surface area (Å²) in [5.41, 5.74) is 0. The van der Waals surface area contributed by atoms with Crippen LogP contribution < -0.4 is 24.6 Å². The van der Waals surface area contributed by atoms with Crippen LogP contribution in [-0.2, 0) is 19.2 Å². The third-order valence-corrected chi connectivity index (χ3v) is 2.17. The number of nitrogens with zero attached hydrogens (tertiary/aromatic N) is 2. The van der Waals surface area contributed by atoms with E-state index in [1.807, 2.05) is 0 Å². The minimum absolute atomic E-state index is 0. The average molecular weight is 408 g/mol. The molecule has 0 heterocycles. The van der Waals surface area contributed by atoms with Crippen molar-refractivity contribution in [3.63, 3.8) is 0 Å². The van der Waals surface area contributed by atoms with Crippen molar-refractivity contribution < 1.29 is 39.6 Å². The summed E-state index contributed by atoms with van der Waals surface area (Å²) < 4.78 is 0. The van der Waals surface area contributed by atoms with Crippen LogP contribution in [0.2, 0.25) is 0 Å².